The SMILES string of the molecule is Cc1nn(C(C)C)cc1NCc1cnn(CC(C)C)c1.Cl. The molecule has 0 fully saturated rings. The van der Waals surface area contributed by atoms with Crippen LogP contribution in [-0.4, -0.2) is 19.6 Å². The van der Waals surface area contributed by atoms with Crippen LogP contribution in [0.3, 0.4) is 0 Å². The molecule has 0 saturated carbocycles. The van der Waals surface area contributed by atoms with Crippen molar-refractivity contribution in [3.63, 3.8) is 0 Å². The first-order valence-electron chi connectivity index (χ1n) is 7.26. The number of nitrogens with zero attached hydrogens (tertiary/aromatic N) is 4. The van der Waals surface area contributed by atoms with Gasteiger partial charge in [0, 0.05) is 37.1 Å². The van der Waals surface area contributed by atoms with Crippen LogP contribution in [0.25, 0.3) is 0 Å². The lowest BCUT2D eigenvalue weighted by molar-refractivity contribution is 0.483. The molecule has 5 nitrogen and oxygen atoms in total. The normalized spacial score (nSPS) is 11.0. The zero-order valence-corrected chi connectivity index (χ0v) is 14.3. The summed E-state index contributed by atoms with van der Waals surface area (Å²) in [5, 5.41) is 12.3. The molecule has 0 aromatic carbocycles. The summed E-state index contributed by atoms with van der Waals surface area (Å²) in [6.07, 6.45) is 6.10. The number of anilines is 1. The molecule has 6 heteroatoms. The summed E-state index contributed by atoms with van der Waals surface area (Å²) in [6, 6.07) is 0.387. The first kappa shape index (κ1) is 17.6. The van der Waals surface area contributed by atoms with Crippen molar-refractivity contribution in [1.82, 2.24) is 19.6 Å². The fraction of sp³-hybridized carbons (Fsp3) is 0.600. The quantitative estimate of drug-likeness (QED) is 0.885. The lowest BCUT2D eigenvalue weighted by Gasteiger charge is -2.04. The largest absolute Gasteiger partial charge is 0.378 e. The Bertz CT molecular complexity index is 556. The number of aromatic nitrogens is 4. The van der Waals surface area contributed by atoms with Gasteiger partial charge in [-0.3, -0.25) is 9.36 Å². The molecule has 2 heterocycles. The average molecular weight is 312 g/mol. The van der Waals surface area contributed by atoms with E-state index in [9.17, 15) is 0 Å². The summed E-state index contributed by atoms with van der Waals surface area (Å²) in [7, 11) is 0. The molecular weight excluding hydrogens is 286 g/mol. The highest BCUT2D eigenvalue weighted by Gasteiger charge is 2.07. The van der Waals surface area contributed by atoms with Crippen LogP contribution in [-0.2, 0) is 13.1 Å². The average Bonchev–Trinajstić information content (AvgIpc) is 2.93. The Balaban J connectivity index is 0.00000220. The van der Waals surface area contributed by atoms with Crippen LogP contribution in [0.5, 0.6) is 0 Å². The fourth-order valence-electron chi connectivity index (χ4n) is 2.09. The monoisotopic (exact) mass is 311 g/mol. The molecule has 0 bridgehead atoms. The van der Waals surface area contributed by atoms with E-state index in [2.05, 4.69) is 55.6 Å². The molecule has 118 valence electrons. The molecule has 0 aliphatic heterocycles. The second-order valence-electron chi connectivity index (χ2n) is 6.02. The van der Waals surface area contributed by atoms with Crippen LogP contribution in [0.2, 0.25) is 0 Å². The fourth-order valence-corrected chi connectivity index (χ4v) is 2.09. The minimum Gasteiger partial charge on any atom is -0.378 e. The molecule has 2 aromatic heterocycles. The maximum Gasteiger partial charge on any atom is 0.0825 e. The van der Waals surface area contributed by atoms with Gasteiger partial charge in [-0.05, 0) is 26.7 Å². The topological polar surface area (TPSA) is 47.7 Å². The van der Waals surface area contributed by atoms with E-state index in [4.69, 9.17) is 0 Å². The van der Waals surface area contributed by atoms with Crippen molar-refractivity contribution in [2.45, 2.75) is 53.8 Å². The van der Waals surface area contributed by atoms with Crippen molar-refractivity contribution in [2.75, 3.05) is 5.32 Å². The molecule has 0 unspecified atom stereocenters. The minimum absolute atomic E-state index is 0. The van der Waals surface area contributed by atoms with Crippen LogP contribution in [0, 0.1) is 12.8 Å². The lowest BCUT2D eigenvalue weighted by atomic mass is 10.2. The van der Waals surface area contributed by atoms with E-state index in [0.29, 0.717) is 12.0 Å². The summed E-state index contributed by atoms with van der Waals surface area (Å²) in [5.74, 6) is 0.613. The Labute approximate surface area is 133 Å². The van der Waals surface area contributed by atoms with Gasteiger partial charge in [-0.15, -0.1) is 12.4 Å². The molecular formula is C15H26ClN5. The van der Waals surface area contributed by atoms with Crippen LogP contribution in [0.4, 0.5) is 5.69 Å². The number of nitrogens with one attached hydrogen (secondary N) is 1. The number of aryl methyl sites for hydroxylation is 1. The van der Waals surface area contributed by atoms with Gasteiger partial charge in [-0.1, -0.05) is 13.8 Å². The smallest absolute Gasteiger partial charge is 0.0825 e. The van der Waals surface area contributed by atoms with Gasteiger partial charge >= 0.3 is 0 Å². The van der Waals surface area contributed by atoms with E-state index in [1.807, 2.05) is 22.5 Å². The van der Waals surface area contributed by atoms with Crippen molar-refractivity contribution in [3.8, 4) is 0 Å². The molecule has 1 N–H and O–H groups in total. The van der Waals surface area contributed by atoms with Gasteiger partial charge in [0.1, 0.15) is 0 Å². The van der Waals surface area contributed by atoms with Gasteiger partial charge in [-0.25, -0.2) is 0 Å². The van der Waals surface area contributed by atoms with Crippen molar-refractivity contribution in [2.24, 2.45) is 5.92 Å². The van der Waals surface area contributed by atoms with Crippen molar-refractivity contribution < 1.29 is 0 Å². The van der Waals surface area contributed by atoms with Crippen molar-refractivity contribution in [3.05, 3.63) is 29.8 Å². The Morgan fingerprint density at radius 2 is 1.90 bits per heavy atom. The third-order valence-corrected chi connectivity index (χ3v) is 3.17. The molecule has 2 rings (SSSR count). The predicted molar refractivity (Wildman–Crippen MR) is 89.0 cm³/mol. The van der Waals surface area contributed by atoms with Crippen molar-refractivity contribution >= 4 is 18.1 Å². The van der Waals surface area contributed by atoms with Crippen LogP contribution < -0.4 is 5.32 Å². The highest BCUT2D eigenvalue weighted by atomic mass is 35.5. The summed E-state index contributed by atoms with van der Waals surface area (Å²) < 4.78 is 3.99. The van der Waals surface area contributed by atoms with Gasteiger partial charge in [-0.2, -0.15) is 10.2 Å². The zero-order valence-electron chi connectivity index (χ0n) is 13.5. The summed E-state index contributed by atoms with van der Waals surface area (Å²) in [6.45, 7) is 12.4. The minimum atomic E-state index is 0. The van der Waals surface area contributed by atoms with Gasteiger partial charge in [0.15, 0.2) is 0 Å². The Hall–Kier alpha value is -1.49. The Kier molecular flexibility index (Phi) is 6.27. The van der Waals surface area contributed by atoms with Crippen LogP contribution in [0.15, 0.2) is 18.6 Å². The summed E-state index contributed by atoms with van der Waals surface area (Å²) in [5.41, 5.74) is 3.32. The Morgan fingerprint density at radius 1 is 1.19 bits per heavy atom. The third kappa shape index (κ3) is 4.77. The van der Waals surface area contributed by atoms with Gasteiger partial charge < -0.3 is 5.32 Å². The molecule has 0 saturated heterocycles. The highest BCUT2D eigenvalue weighted by molar-refractivity contribution is 5.85. The molecule has 0 spiro atoms. The van der Waals surface area contributed by atoms with Gasteiger partial charge in [0.25, 0.3) is 0 Å². The molecule has 0 amide bonds. The number of hydrogen-bond acceptors (Lipinski definition) is 3. The molecule has 0 atom stereocenters. The predicted octanol–water partition coefficient (Wildman–Crippen LogP) is 3.66. The second kappa shape index (κ2) is 7.50. The van der Waals surface area contributed by atoms with E-state index >= 15 is 0 Å². The number of hydrogen-bond donors (Lipinski definition) is 1. The standard InChI is InChI=1S/C15H25N5.ClH/c1-11(2)8-19-9-14(7-17-19)6-16-15-10-20(12(3)4)18-13(15)5;/h7,9-12,16H,6,8H2,1-5H3;1H. The summed E-state index contributed by atoms with van der Waals surface area (Å²) >= 11 is 0. The zero-order chi connectivity index (χ0) is 14.7. The Morgan fingerprint density at radius 3 is 2.48 bits per heavy atom. The first-order valence-corrected chi connectivity index (χ1v) is 7.26. The molecule has 0 radical (unpaired) electrons. The second-order valence-corrected chi connectivity index (χ2v) is 6.02. The van der Waals surface area contributed by atoms with E-state index in [1.54, 1.807) is 0 Å². The van der Waals surface area contributed by atoms with Crippen LogP contribution in [0.1, 0.15) is 45.0 Å². The van der Waals surface area contributed by atoms with E-state index in [1.165, 1.54) is 5.56 Å². The van der Waals surface area contributed by atoms with Crippen LogP contribution >= 0.6 is 12.4 Å². The molecule has 0 aliphatic carbocycles. The number of halogens is 1. The van der Waals surface area contributed by atoms with Gasteiger partial charge in [0.05, 0.1) is 17.6 Å². The maximum absolute atomic E-state index is 4.50. The van der Waals surface area contributed by atoms with E-state index in [0.717, 1.165) is 24.5 Å². The van der Waals surface area contributed by atoms with E-state index < -0.39 is 0 Å². The van der Waals surface area contributed by atoms with Crippen molar-refractivity contribution in [1.29, 1.82) is 0 Å². The third-order valence-electron chi connectivity index (χ3n) is 3.17. The highest BCUT2D eigenvalue weighted by Crippen LogP contribution is 2.16. The van der Waals surface area contributed by atoms with E-state index in [-0.39, 0.29) is 12.4 Å². The molecule has 21 heavy (non-hydrogen) atoms. The summed E-state index contributed by atoms with van der Waals surface area (Å²) in [4.78, 5) is 0. The lowest BCUT2D eigenvalue weighted by Crippen LogP contribution is -2.04. The number of rotatable bonds is 6. The maximum atomic E-state index is 4.50. The molecule has 0 aliphatic rings. The molecule has 2 aromatic rings. The van der Waals surface area contributed by atoms with Gasteiger partial charge in [0.2, 0.25) is 0 Å². The first-order chi connectivity index (χ1) is 9.45.